The molecule has 4 unspecified atom stereocenters. The number of rotatable bonds is 12. The lowest BCUT2D eigenvalue weighted by atomic mass is 9.86. The molecule has 166 valence electrons. The summed E-state index contributed by atoms with van der Waals surface area (Å²) in [6, 6.07) is 2.52. The van der Waals surface area contributed by atoms with Gasteiger partial charge >= 0.3 is 11.9 Å². The molecule has 0 saturated carbocycles. The Balaban J connectivity index is 3.84. The van der Waals surface area contributed by atoms with Crippen LogP contribution in [0.1, 0.15) is 71.7 Å². The van der Waals surface area contributed by atoms with Gasteiger partial charge in [0.2, 0.25) is 0 Å². The van der Waals surface area contributed by atoms with Crippen LogP contribution in [-0.2, 0) is 9.47 Å². The van der Waals surface area contributed by atoms with Crippen molar-refractivity contribution in [2.75, 3.05) is 13.2 Å². The molecule has 0 fully saturated rings. The maximum absolute atomic E-state index is 12.1. The Hall–Kier alpha value is -2.52. The van der Waals surface area contributed by atoms with E-state index in [-0.39, 0.29) is 24.3 Å². The first-order chi connectivity index (χ1) is 13.9. The van der Waals surface area contributed by atoms with Crippen LogP contribution in [0.2, 0.25) is 0 Å². The van der Waals surface area contributed by atoms with Gasteiger partial charge < -0.3 is 29.9 Å². The molecule has 0 saturated heterocycles. The zero-order valence-corrected chi connectivity index (χ0v) is 17.7. The fraction of sp³-hybridized carbons (Fsp3) is 0.455. The van der Waals surface area contributed by atoms with Gasteiger partial charge in [-0.25, -0.2) is 9.59 Å². The van der Waals surface area contributed by atoms with E-state index in [1.54, 1.807) is 13.8 Å². The van der Waals surface area contributed by atoms with Gasteiger partial charge in [0.1, 0.15) is 12.2 Å². The molecule has 0 spiro atoms. The molecule has 0 heterocycles. The maximum Gasteiger partial charge on any atom is 0.336 e. The van der Waals surface area contributed by atoms with E-state index in [0.29, 0.717) is 11.1 Å². The van der Waals surface area contributed by atoms with Gasteiger partial charge in [0, 0.05) is 5.56 Å². The highest BCUT2D eigenvalue weighted by atomic mass is 16.5. The van der Waals surface area contributed by atoms with Crippen LogP contribution in [0, 0.1) is 0 Å². The molecule has 0 bridgehead atoms. The monoisotopic (exact) mass is 422 g/mol. The Labute approximate surface area is 176 Å². The summed E-state index contributed by atoms with van der Waals surface area (Å²) < 4.78 is 11.4. The van der Waals surface area contributed by atoms with Gasteiger partial charge in [-0.1, -0.05) is 30.4 Å². The van der Waals surface area contributed by atoms with E-state index >= 15 is 0 Å². The van der Waals surface area contributed by atoms with E-state index in [0.717, 1.165) is 6.07 Å². The quantitative estimate of drug-likeness (QED) is 0.378. The minimum absolute atomic E-state index is 0.0112. The van der Waals surface area contributed by atoms with Crippen molar-refractivity contribution in [2.45, 2.75) is 52.1 Å². The van der Waals surface area contributed by atoms with Crippen molar-refractivity contribution >= 4 is 11.9 Å². The van der Waals surface area contributed by atoms with Crippen LogP contribution in [0.15, 0.2) is 36.4 Å². The molecule has 4 N–H and O–H groups in total. The Morgan fingerprint density at radius 2 is 1.37 bits per heavy atom. The number of aromatic carboxylic acids is 2. The van der Waals surface area contributed by atoms with E-state index in [4.69, 9.17) is 9.47 Å². The second kappa shape index (κ2) is 11.0. The number of carboxylic acids is 2. The van der Waals surface area contributed by atoms with Gasteiger partial charge in [-0.3, -0.25) is 0 Å². The van der Waals surface area contributed by atoms with Crippen LogP contribution in [0.5, 0.6) is 0 Å². The van der Waals surface area contributed by atoms with E-state index in [1.807, 2.05) is 0 Å². The summed E-state index contributed by atoms with van der Waals surface area (Å²) in [4.78, 5) is 23.8. The lowest BCUT2D eigenvalue weighted by Gasteiger charge is -2.30. The van der Waals surface area contributed by atoms with Crippen LogP contribution in [-0.4, -0.2) is 57.8 Å². The number of ether oxygens (including phenoxy) is 2. The second-order valence-corrected chi connectivity index (χ2v) is 7.46. The predicted molar refractivity (Wildman–Crippen MR) is 111 cm³/mol. The van der Waals surface area contributed by atoms with Crippen LogP contribution in [0.25, 0.3) is 0 Å². The number of carbonyl (C=O) groups is 2. The number of carboxylic acid groups (broad SMARTS) is 2. The van der Waals surface area contributed by atoms with Gasteiger partial charge in [-0.05, 0) is 39.3 Å². The zero-order valence-electron chi connectivity index (χ0n) is 17.7. The Bertz CT molecular complexity index is 810. The van der Waals surface area contributed by atoms with Crippen molar-refractivity contribution in [3.05, 3.63) is 58.7 Å². The summed E-state index contributed by atoms with van der Waals surface area (Å²) in [6.07, 6.45) is -4.47. The number of aliphatic hydroxyl groups excluding tert-OH is 2. The molecule has 0 aliphatic heterocycles. The molecule has 1 aromatic carbocycles. The Kier molecular flexibility index (Phi) is 9.38. The molecule has 0 aliphatic rings. The van der Waals surface area contributed by atoms with Crippen LogP contribution < -0.4 is 0 Å². The van der Waals surface area contributed by atoms with Crippen molar-refractivity contribution in [3.63, 3.8) is 0 Å². The highest BCUT2D eigenvalue weighted by Crippen LogP contribution is 2.37. The molecule has 30 heavy (non-hydrogen) atoms. The molecule has 1 rings (SSSR count). The molecule has 1 aromatic rings. The van der Waals surface area contributed by atoms with Gasteiger partial charge in [-0.2, -0.15) is 0 Å². The first-order valence-corrected chi connectivity index (χ1v) is 9.39. The summed E-state index contributed by atoms with van der Waals surface area (Å²) in [5, 5.41) is 40.0. The largest absolute Gasteiger partial charge is 0.478 e. The predicted octanol–water partition coefficient (Wildman–Crippen LogP) is 3.11. The van der Waals surface area contributed by atoms with E-state index < -0.39 is 47.5 Å². The highest BCUT2D eigenvalue weighted by molar-refractivity contribution is 6.03. The van der Waals surface area contributed by atoms with Gasteiger partial charge in [0.05, 0.1) is 36.5 Å². The third-order valence-electron chi connectivity index (χ3n) is 4.21. The number of aliphatic hydroxyl groups is 2. The van der Waals surface area contributed by atoms with Crippen LogP contribution in [0.4, 0.5) is 0 Å². The Morgan fingerprint density at radius 1 is 0.900 bits per heavy atom. The maximum atomic E-state index is 12.1. The summed E-state index contributed by atoms with van der Waals surface area (Å²) in [7, 11) is 0. The van der Waals surface area contributed by atoms with E-state index in [9.17, 15) is 30.0 Å². The molecule has 0 radical (unpaired) electrons. The third kappa shape index (κ3) is 6.50. The first kappa shape index (κ1) is 25.5. The van der Waals surface area contributed by atoms with E-state index in [1.165, 1.54) is 19.9 Å². The zero-order chi connectivity index (χ0) is 23.2. The number of benzene rings is 1. The van der Waals surface area contributed by atoms with Crippen molar-refractivity contribution in [3.8, 4) is 0 Å². The molecule has 4 atom stereocenters. The summed E-state index contributed by atoms with van der Waals surface area (Å²) in [5.41, 5.74) is 0.451. The third-order valence-corrected chi connectivity index (χ3v) is 4.21. The van der Waals surface area contributed by atoms with Crippen LogP contribution >= 0.6 is 0 Å². The fourth-order valence-electron chi connectivity index (χ4n) is 3.02. The molecular weight excluding hydrogens is 392 g/mol. The molecule has 8 nitrogen and oxygen atoms in total. The topological polar surface area (TPSA) is 134 Å². The highest BCUT2D eigenvalue weighted by Gasteiger charge is 2.34. The first-order valence-electron chi connectivity index (χ1n) is 9.39. The van der Waals surface area contributed by atoms with Crippen molar-refractivity contribution in [1.29, 1.82) is 0 Å². The molecule has 8 heteroatoms. The minimum Gasteiger partial charge on any atom is -0.478 e. The standard InChI is InChI=1S/C22H30O8/c1-11(2)9-29-19(13(5)23)15-7-8-16(21(25)26)18(22(27)28)17(15)20(14(6)24)30-10-12(3)4/h7-8,13-14,19-20,23-24H,1,3,9-10H2,2,4-6H3,(H,25,26)(H,27,28). The second-order valence-electron chi connectivity index (χ2n) is 7.46. The average molecular weight is 422 g/mol. The lowest BCUT2D eigenvalue weighted by Crippen LogP contribution is -2.28. The summed E-state index contributed by atoms with van der Waals surface area (Å²) in [6.45, 7) is 13.9. The molecule has 0 amide bonds. The smallest absolute Gasteiger partial charge is 0.336 e. The van der Waals surface area contributed by atoms with E-state index in [2.05, 4.69) is 13.2 Å². The normalized spacial score (nSPS) is 15.1. The van der Waals surface area contributed by atoms with Crippen LogP contribution in [0.3, 0.4) is 0 Å². The van der Waals surface area contributed by atoms with Crippen molar-refractivity contribution < 1.29 is 39.5 Å². The fourth-order valence-corrected chi connectivity index (χ4v) is 3.02. The average Bonchev–Trinajstić information content (AvgIpc) is 2.60. The number of hydrogen-bond acceptors (Lipinski definition) is 6. The van der Waals surface area contributed by atoms with Gasteiger partial charge in [0.25, 0.3) is 0 Å². The minimum atomic E-state index is -1.50. The lowest BCUT2D eigenvalue weighted by molar-refractivity contribution is -0.0369. The van der Waals surface area contributed by atoms with Gasteiger partial charge in [0.15, 0.2) is 0 Å². The SMILES string of the molecule is C=C(C)COC(c1ccc(C(=O)O)c(C(=O)O)c1C(OCC(=C)C)C(C)O)C(C)O. The van der Waals surface area contributed by atoms with Crippen molar-refractivity contribution in [1.82, 2.24) is 0 Å². The summed E-state index contributed by atoms with van der Waals surface area (Å²) >= 11 is 0. The Morgan fingerprint density at radius 3 is 1.73 bits per heavy atom. The molecule has 0 aliphatic carbocycles. The summed E-state index contributed by atoms with van der Waals surface area (Å²) in [5.74, 6) is -2.95. The van der Waals surface area contributed by atoms with Crippen molar-refractivity contribution in [2.24, 2.45) is 0 Å². The molecule has 0 aromatic heterocycles. The molecular formula is C22H30O8. The number of hydrogen-bond donors (Lipinski definition) is 4. The van der Waals surface area contributed by atoms with Gasteiger partial charge in [-0.15, -0.1) is 0 Å².